The molecule has 0 fully saturated rings. The quantitative estimate of drug-likeness (QED) is 0.371. The van der Waals surface area contributed by atoms with Gasteiger partial charge in [-0.15, -0.1) is 0 Å². The van der Waals surface area contributed by atoms with Crippen LogP contribution in [0, 0.1) is 17.5 Å². The summed E-state index contributed by atoms with van der Waals surface area (Å²) >= 11 is 0. The monoisotopic (exact) mass is 314 g/mol. The van der Waals surface area contributed by atoms with Gasteiger partial charge in [-0.1, -0.05) is 0 Å². The third kappa shape index (κ3) is 3.96. The molecule has 1 aromatic rings. The maximum Gasteiger partial charge on any atom is 0.417 e. The molecular formula is C12H8F6O3. The van der Waals surface area contributed by atoms with Crippen LogP contribution in [-0.4, -0.2) is 18.4 Å². The highest BCUT2D eigenvalue weighted by molar-refractivity contribution is 5.98. The predicted octanol–water partition coefficient (Wildman–Crippen LogP) is 3.26. The van der Waals surface area contributed by atoms with Crippen LogP contribution in [0.15, 0.2) is 6.07 Å². The summed E-state index contributed by atoms with van der Waals surface area (Å²) in [5, 5.41) is 0. The van der Waals surface area contributed by atoms with E-state index in [0.717, 1.165) is 6.92 Å². The summed E-state index contributed by atoms with van der Waals surface area (Å²) < 4.78 is 81.6. The Kier molecular flexibility index (Phi) is 4.97. The average molecular weight is 314 g/mol. The van der Waals surface area contributed by atoms with Crippen molar-refractivity contribution in [2.75, 3.05) is 6.61 Å². The van der Waals surface area contributed by atoms with Crippen LogP contribution in [-0.2, 0) is 15.7 Å². The molecule has 0 unspecified atom stereocenters. The summed E-state index contributed by atoms with van der Waals surface area (Å²) in [5.41, 5.74) is -3.54. The molecule has 1 rings (SSSR count). The Morgan fingerprint density at radius 1 is 1.14 bits per heavy atom. The first-order chi connectivity index (χ1) is 9.55. The number of benzene rings is 1. The fourth-order valence-corrected chi connectivity index (χ4v) is 1.50. The van der Waals surface area contributed by atoms with E-state index in [2.05, 4.69) is 4.74 Å². The van der Waals surface area contributed by atoms with Crippen LogP contribution in [0.5, 0.6) is 0 Å². The molecule has 116 valence electrons. The number of hydrogen-bond acceptors (Lipinski definition) is 3. The second-order valence-corrected chi connectivity index (χ2v) is 3.92. The lowest BCUT2D eigenvalue weighted by molar-refractivity contribution is -0.141. The summed E-state index contributed by atoms with van der Waals surface area (Å²) in [7, 11) is 0. The lowest BCUT2D eigenvalue weighted by atomic mass is 10.00. The lowest BCUT2D eigenvalue weighted by Crippen LogP contribution is -2.19. The van der Waals surface area contributed by atoms with Crippen LogP contribution >= 0.6 is 0 Å². The molecule has 0 spiro atoms. The van der Waals surface area contributed by atoms with Crippen LogP contribution in [0.25, 0.3) is 0 Å². The SMILES string of the molecule is CC(=O)OCCC(=O)c1c(C(F)(F)F)cc(F)c(F)c1F. The van der Waals surface area contributed by atoms with Gasteiger partial charge in [0.15, 0.2) is 23.2 Å². The van der Waals surface area contributed by atoms with E-state index in [1.54, 1.807) is 0 Å². The zero-order chi connectivity index (χ0) is 16.4. The number of hydrogen-bond donors (Lipinski definition) is 0. The van der Waals surface area contributed by atoms with Gasteiger partial charge in [0.1, 0.15) is 0 Å². The first-order valence-electron chi connectivity index (χ1n) is 5.47. The first-order valence-corrected chi connectivity index (χ1v) is 5.47. The highest BCUT2D eigenvalue weighted by Crippen LogP contribution is 2.35. The number of rotatable bonds is 4. The van der Waals surface area contributed by atoms with Gasteiger partial charge < -0.3 is 4.74 Å². The van der Waals surface area contributed by atoms with Crippen molar-refractivity contribution in [3.05, 3.63) is 34.6 Å². The normalized spacial score (nSPS) is 11.4. The van der Waals surface area contributed by atoms with E-state index in [1.807, 2.05) is 0 Å². The molecular weight excluding hydrogens is 306 g/mol. The summed E-state index contributed by atoms with van der Waals surface area (Å²) in [6.45, 7) is 0.383. The van der Waals surface area contributed by atoms with Crippen molar-refractivity contribution < 1.29 is 40.7 Å². The van der Waals surface area contributed by atoms with Gasteiger partial charge >= 0.3 is 12.1 Å². The highest BCUT2D eigenvalue weighted by atomic mass is 19.4. The van der Waals surface area contributed by atoms with E-state index in [1.165, 1.54) is 0 Å². The van der Waals surface area contributed by atoms with Crippen molar-refractivity contribution in [1.82, 2.24) is 0 Å². The molecule has 0 aliphatic heterocycles. The highest BCUT2D eigenvalue weighted by Gasteiger charge is 2.39. The zero-order valence-electron chi connectivity index (χ0n) is 10.5. The Morgan fingerprint density at radius 2 is 1.71 bits per heavy atom. The van der Waals surface area contributed by atoms with Crippen molar-refractivity contribution in [2.45, 2.75) is 19.5 Å². The minimum Gasteiger partial charge on any atom is -0.465 e. The number of carbonyl (C=O) groups is 2. The van der Waals surface area contributed by atoms with Gasteiger partial charge in [-0.05, 0) is 6.07 Å². The van der Waals surface area contributed by atoms with Gasteiger partial charge in [-0.3, -0.25) is 9.59 Å². The summed E-state index contributed by atoms with van der Waals surface area (Å²) in [6, 6.07) is -0.294. The topological polar surface area (TPSA) is 43.4 Å². The Labute approximate surface area is 114 Å². The second kappa shape index (κ2) is 6.15. The van der Waals surface area contributed by atoms with Crippen LogP contribution < -0.4 is 0 Å². The molecule has 0 aromatic heterocycles. The van der Waals surface area contributed by atoms with Crippen molar-refractivity contribution in [1.29, 1.82) is 0 Å². The largest absolute Gasteiger partial charge is 0.465 e. The summed E-state index contributed by atoms with van der Waals surface area (Å²) in [6.07, 6.45) is -6.05. The molecule has 0 heterocycles. The van der Waals surface area contributed by atoms with E-state index < -0.39 is 59.5 Å². The summed E-state index contributed by atoms with van der Waals surface area (Å²) in [5.74, 6) is -8.73. The Bertz CT molecular complexity index is 579. The van der Waals surface area contributed by atoms with E-state index in [4.69, 9.17) is 0 Å². The molecule has 0 saturated heterocycles. The van der Waals surface area contributed by atoms with Crippen LogP contribution in [0.1, 0.15) is 29.3 Å². The number of halogens is 6. The number of alkyl halides is 3. The number of esters is 1. The molecule has 0 amide bonds. The fourth-order valence-electron chi connectivity index (χ4n) is 1.50. The standard InChI is InChI=1S/C12H8F6O3/c1-5(19)21-3-2-8(20)9-6(12(16,17)18)4-7(13)10(14)11(9)15/h4H,2-3H2,1H3. The molecule has 21 heavy (non-hydrogen) atoms. The molecule has 0 bridgehead atoms. The van der Waals surface area contributed by atoms with E-state index in [-0.39, 0.29) is 6.07 Å². The molecule has 9 heteroatoms. The Hall–Kier alpha value is -2.06. The van der Waals surface area contributed by atoms with Crippen molar-refractivity contribution >= 4 is 11.8 Å². The molecule has 3 nitrogen and oxygen atoms in total. The van der Waals surface area contributed by atoms with Gasteiger partial charge in [-0.2, -0.15) is 13.2 Å². The zero-order valence-corrected chi connectivity index (χ0v) is 10.5. The minimum atomic E-state index is -5.25. The molecule has 0 aliphatic carbocycles. The van der Waals surface area contributed by atoms with Crippen molar-refractivity contribution in [2.24, 2.45) is 0 Å². The lowest BCUT2D eigenvalue weighted by Gasteiger charge is -2.13. The second-order valence-electron chi connectivity index (χ2n) is 3.92. The van der Waals surface area contributed by atoms with Crippen LogP contribution in [0.3, 0.4) is 0 Å². The van der Waals surface area contributed by atoms with E-state index >= 15 is 0 Å². The Balaban J connectivity index is 3.23. The van der Waals surface area contributed by atoms with Gasteiger partial charge in [0.2, 0.25) is 0 Å². The number of ketones is 1. The first kappa shape index (κ1) is 17.0. The van der Waals surface area contributed by atoms with Crippen LogP contribution in [0.4, 0.5) is 26.3 Å². The molecule has 0 N–H and O–H groups in total. The van der Waals surface area contributed by atoms with Gasteiger partial charge in [0.25, 0.3) is 0 Å². The smallest absolute Gasteiger partial charge is 0.417 e. The van der Waals surface area contributed by atoms with Gasteiger partial charge in [0.05, 0.1) is 17.7 Å². The van der Waals surface area contributed by atoms with E-state index in [9.17, 15) is 35.9 Å². The molecule has 0 radical (unpaired) electrons. The Morgan fingerprint density at radius 3 is 2.19 bits per heavy atom. The van der Waals surface area contributed by atoms with E-state index in [0.29, 0.717) is 0 Å². The number of carbonyl (C=O) groups excluding carboxylic acids is 2. The third-order valence-electron chi connectivity index (χ3n) is 2.38. The third-order valence-corrected chi connectivity index (χ3v) is 2.38. The number of Topliss-reactive ketones (excluding diaryl/α,β-unsaturated/α-hetero) is 1. The molecule has 0 saturated carbocycles. The van der Waals surface area contributed by atoms with Crippen LogP contribution in [0.2, 0.25) is 0 Å². The average Bonchev–Trinajstić information content (AvgIpc) is 2.33. The van der Waals surface area contributed by atoms with Gasteiger partial charge in [0, 0.05) is 13.3 Å². The molecule has 1 aromatic carbocycles. The molecule has 0 atom stereocenters. The predicted molar refractivity (Wildman–Crippen MR) is 56.9 cm³/mol. The van der Waals surface area contributed by atoms with Gasteiger partial charge in [-0.25, -0.2) is 13.2 Å². The van der Waals surface area contributed by atoms with Crippen molar-refractivity contribution in [3.8, 4) is 0 Å². The number of ether oxygens (including phenoxy) is 1. The maximum atomic E-state index is 13.4. The molecule has 0 aliphatic rings. The minimum absolute atomic E-state index is 0.294. The van der Waals surface area contributed by atoms with Crippen molar-refractivity contribution in [3.63, 3.8) is 0 Å². The summed E-state index contributed by atoms with van der Waals surface area (Å²) in [4.78, 5) is 22.0. The fraction of sp³-hybridized carbons (Fsp3) is 0.333. The maximum absolute atomic E-state index is 13.4.